The topological polar surface area (TPSA) is 38.5 Å². The largest absolute Gasteiger partial charge is 0.497 e. The first-order valence-electron chi connectivity index (χ1n) is 8.54. The second kappa shape index (κ2) is 7.94. The Morgan fingerprint density at radius 3 is 2.38 bits per heavy atom. The van der Waals surface area contributed by atoms with Crippen molar-refractivity contribution in [1.29, 1.82) is 0 Å². The number of benzene rings is 2. The Kier molecular flexibility index (Phi) is 5.64. The second-order valence-electron chi connectivity index (χ2n) is 6.39. The molecule has 1 unspecified atom stereocenters. The molecule has 0 amide bonds. The number of halogens is 1. The normalized spacial score (nSPS) is 12.4. The first-order chi connectivity index (χ1) is 12.5. The van der Waals surface area contributed by atoms with Crippen molar-refractivity contribution < 1.29 is 9.15 Å². The lowest BCUT2D eigenvalue weighted by atomic mass is 10.1. The summed E-state index contributed by atoms with van der Waals surface area (Å²) in [7, 11) is 3.77. The van der Waals surface area contributed by atoms with Crippen LogP contribution in [0.2, 0.25) is 5.02 Å². The van der Waals surface area contributed by atoms with E-state index in [0.29, 0.717) is 17.5 Å². The summed E-state index contributed by atoms with van der Waals surface area (Å²) < 4.78 is 11.1. The molecule has 4 nitrogen and oxygen atoms in total. The van der Waals surface area contributed by atoms with Crippen LogP contribution in [0, 0.1) is 6.92 Å². The molecule has 1 heterocycles. The quantitative estimate of drug-likeness (QED) is 0.573. The lowest BCUT2D eigenvalue weighted by molar-refractivity contribution is 0.249. The lowest BCUT2D eigenvalue weighted by Crippen LogP contribution is -2.22. The highest BCUT2D eigenvalue weighted by Crippen LogP contribution is 2.27. The minimum Gasteiger partial charge on any atom is -0.497 e. The van der Waals surface area contributed by atoms with Crippen molar-refractivity contribution in [3.8, 4) is 17.2 Å². The number of aromatic nitrogens is 1. The fourth-order valence-electron chi connectivity index (χ4n) is 2.80. The number of hydrogen-bond donors (Lipinski definition) is 0. The molecule has 0 aliphatic heterocycles. The van der Waals surface area contributed by atoms with Gasteiger partial charge < -0.3 is 9.15 Å². The molecular formula is C21H23ClN2O2. The van der Waals surface area contributed by atoms with E-state index in [9.17, 15) is 0 Å². The molecule has 5 heteroatoms. The summed E-state index contributed by atoms with van der Waals surface area (Å²) in [5, 5.41) is 0.699. The van der Waals surface area contributed by atoms with Crippen LogP contribution < -0.4 is 4.74 Å². The molecule has 0 bridgehead atoms. The van der Waals surface area contributed by atoms with Gasteiger partial charge in [-0.15, -0.1) is 0 Å². The SMILES string of the molecule is COc1ccc(C(C)N(C)Cc2nc(-c3ccc(Cl)cc3)oc2C)cc1. The van der Waals surface area contributed by atoms with Gasteiger partial charge in [0.1, 0.15) is 11.5 Å². The van der Waals surface area contributed by atoms with Gasteiger partial charge in [-0.1, -0.05) is 23.7 Å². The maximum absolute atomic E-state index is 5.95. The molecule has 1 aromatic heterocycles. The predicted octanol–water partition coefficient (Wildman–Crippen LogP) is 5.51. The monoisotopic (exact) mass is 370 g/mol. The van der Waals surface area contributed by atoms with Gasteiger partial charge in [0.25, 0.3) is 0 Å². The van der Waals surface area contributed by atoms with Crippen LogP contribution >= 0.6 is 11.6 Å². The molecule has 0 saturated heterocycles. The van der Waals surface area contributed by atoms with Crippen LogP contribution in [0.5, 0.6) is 5.75 Å². The van der Waals surface area contributed by atoms with Crippen molar-refractivity contribution in [1.82, 2.24) is 9.88 Å². The molecular weight excluding hydrogens is 348 g/mol. The molecule has 3 aromatic rings. The van der Waals surface area contributed by atoms with Crippen molar-refractivity contribution in [2.24, 2.45) is 0 Å². The molecule has 0 aliphatic carbocycles. The van der Waals surface area contributed by atoms with E-state index in [2.05, 4.69) is 36.0 Å². The van der Waals surface area contributed by atoms with Crippen LogP contribution in [0.4, 0.5) is 0 Å². The lowest BCUT2D eigenvalue weighted by Gasteiger charge is -2.24. The first kappa shape index (κ1) is 18.5. The van der Waals surface area contributed by atoms with Crippen LogP contribution in [-0.2, 0) is 6.54 Å². The number of hydrogen-bond acceptors (Lipinski definition) is 4. The molecule has 0 radical (unpaired) electrons. The van der Waals surface area contributed by atoms with Gasteiger partial charge in [0.05, 0.1) is 12.8 Å². The number of rotatable bonds is 6. The van der Waals surface area contributed by atoms with E-state index in [1.54, 1.807) is 7.11 Å². The highest BCUT2D eigenvalue weighted by molar-refractivity contribution is 6.30. The third-order valence-corrected chi connectivity index (χ3v) is 4.89. The molecule has 0 N–H and O–H groups in total. The zero-order valence-electron chi connectivity index (χ0n) is 15.5. The molecule has 3 rings (SSSR count). The van der Waals surface area contributed by atoms with Gasteiger partial charge in [-0.3, -0.25) is 4.90 Å². The Balaban J connectivity index is 1.74. The summed E-state index contributed by atoms with van der Waals surface area (Å²) in [6.07, 6.45) is 0. The van der Waals surface area contributed by atoms with E-state index in [0.717, 1.165) is 22.8 Å². The maximum atomic E-state index is 5.95. The molecule has 0 aliphatic rings. The summed E-state index contributed by atoms with van der Waals surface area (Å²) in [5.74, 6) is 2.33. The Morgan fingerprint density at radius 1 is 1.12 bits per heavy atom. The maximum Gasteiger partial charge on any atom is 0.226 e. The summed E-state index contributed by atoms with van der Waals surface area (Å²) in [6.45, 7) is 4.83. The van der Waals surface area contributed by atoms with Crippen molar-refractivity contribution in [2.75, 3.05) is 14.2 Å². The fourth-order valence-corrected chi connectivity index (χ4v) is 2.93. The van der Waals surface area contributed by atoms with Crippen LogP contribution in [0.3, 0.4) is 0 Å². The predicted molar refractivity (Wildman–Crippen MR) is 105 cm³/mol. The summed E-state index contributed by atoms with van der Waals surface area (Å²) in [5.41, 5.74) is 3.10. The van der Waals surface area contributed by atoms with Crippen molar-refractivity contribution in [3.63, 3.8) is 0 Å². The van der Waals surface area contributed by atoms with Crippen molar-refractivity contribution in [3.05, 3.63) is 70.6 Å². The average molecular weight is 371 g/mol. The van der Waals surface area contributed by atoms with Gasteiger partial charge in [0.15, 0.2) is 0 Å². The zero-order chi connectivity index (χ0) is 18.7. The molecule has 0 saturated carbocycles. The summed E-state index contributed by atoms with van der Waals surface area (Å²) in [4.78, 5) is 6.93. The van der Waals surface area contributed by atoms with Gasteiger partial charge >= 0.3 is 0 Å². The minimum atomic E-state index is 0.246. The highest BCUT2D eigenvalue weighted by atomic mass is 35.5. The van der Waals surface area contributed by atoms with Crippen LogP contribution in [0.25, 0.3) is 11.5 Å². The van der Waals surface area contributed by atoms with Gasteiger partial charge in [-0.2, -0.15) is 0 Å². The van der Waals surface area contributed by atoms with Crippen molar-refractivity contribution >= 4 is 11.6 Å². The highest BCUT2D eigenvalue weighted by Gasteiger charge is 2.17. The van der Waals surface area contributed by atoms with Gasteiger partial charge in [0, 0.05) is 23.2 Å². The van der Waals surface area contributed by atoms with E-state index >= 15 is 0 Å². The van der Waals surface area contributed by atoms with Gasteiger partial charge in [-0.25, -0.2) is 4.98 Å². The van der Waals surface area contributed by atoms with E-state index in [-0.39, 0.29) is 6.04 Å². The molecule has 26 heavy (non-hydrogen) atoms. The smallest absolute Gasteiger partial charge is 0.226 e. The average Bonchev–Trinajstić information content (AvgIpc) is 3.02. The number of nitrogens with zero attached hydrogens (tertiary/aromatic N) is 2. The Bertz CT molecular complexity index is 857. The number of ether oxygens (including phenoxy) is 1. The van der Waals surface area contributed by atoms with E-state index in [1.807, 2.05) is 43.3 Å². The van der Waals surface area contributed by atoms with Crippen molar-refractivity contribution in [2.45, 2.75) is 26.4 Å². The first-order valence-corrected chi connectivity index (χ1v) is 8.92. The minimum absolute atomic E-state index is 0.246. The summed E-state index contributed by atoms with van der Waals surface area (Å²) >= 11 is 5.95. The van der Waals surface area contributed by atoms with E-state index in [4.69, 9.17) is 20.8 Å². The van der Waals surface area contributed by atoms with Crippen LogP contribution in [0.15, 0.2) is 52.9 Å². The zero-order valence-corrected chi connectivity index (χ0v) is 16.2. The molecule has 0 fully saturated rings. The second-order valence-corrected chi connectivity index (χ2v) is 6.83. The molecule has 0 spiro atoms. The summed E-state index contributed by atoms with van der Waals surface area (Å²) in [6, 6.07) is 15.9. The number of oxazole rings is 1. The Morgan fingerprint density at radius 2 is 1.77 bits per heavy atom. The number of methoxy groups -OCH3 is 1. The fraction of sp³-hybridized carbons (Fsp3) is 0.286. The van der Waals surface area contributed by atoms with Gasteiger partial charge in [-0.05, 0) is 62.9 Å². The third-order valence-electron chi connectivity index (χ3n) is 4.64. The van der Waals surface area contributed by atoms with Gasteiger partial charge in [0.2, 0.25) is 5.89 Å². The molecule has 136 valence electrons. The Labute approximate surface area is 159 Å². The van der Waals surface area contributed by atoms with E-state index < -0.39 is 0 Å². The van der Waals surface area contributed by atoms with Crippen LogP contribution in [0.1, 0.15) is 30.0 Å². The number of aryl methyl sites for hydroxylation is 1. The molecule has 2 aromatic carbocycles. The Hall–Kier alpha value is -2.30. The van der Waals surface area contributed by atoms with Crippen LogP contribution in [-0.4, -0.2) is 24.0 Å². The third kappa shape index (κ3) is 4.09. The molecule has 1 atom stereocenters. The van der Waals surface area contributed by atoms with E-state index in [1.165, 1.54) is 5.56 Å². The standard InChI is InChI=1S/C21H23ClN2O2/c1-14(16-7-11-19(25-4)12-8-16)24(3)13-20-15(2)26-21(23-20)17-5-9-18(22)10-6-17/h5-12,14H,13H2,1-4H3.